The molecule has 114 valence electrons. The van der Waals surface area contributed by atoms with Crippen LogP contribution >= 0.6 is 0 Å². The highest BCUT2D eigenvalue weighted by Gasteiger charge is 2.23. The third-order valence-electron chi connectivity index (χ3n) is 4.80. The molecular weight excluding hydrogens is 278 g/mol. The average Bonchev–Trinajstić information content (AvgIpc) is 3.14. The number of nitrogens with zero attached hydrogens (tertiary/aromatic N) is 1. The van der Waals surface area contributed by atoms with Crippen molar-refractivity contribution < 1.29 is 0 Å². The second kappa shape index (κ2) is 6.29. The molecule has 0 saturated carbocycles. The van der Waals surface area contributed by atoms with Gasteiger partial charge in [0.05, 0.1) is 0 Å². The van der Waals surface area contributed by atoms with Crippen LogP contribution in [0.15, 0.2) is 84.9 Å². The fourth-order valence-electron chi connectivity index (χ4n) is 3.49. The van der Waals surface area contributed by atoms with Gasteiger partial charge in [0, 0.05) is 24.7 Å². The van der Waals surface area contributed by atoms with Crippen molar-refractivity contribution in [1.29, 1.82) is 0 Å². The van der Waals surface area contributed by atoms with Crippen molar-refractivity contribution in [2.45, 2.75) is 12.3 Å². The molecule has 0 bridgehead atoms. The molecule has 1 atom stereocenters. The average molecular weight is 299 g/mol. The van der Waals surface area contributed by atoms with E-state index in [9.17, 15) is 0 Å². The summed E-state index contributed by atoms with van der Waals surface area (Å²) in [6.45, 7) is 2.26. The van der Waals surface area contributed by atoms with Gasteiger partial charge in [-0.25, -0.2) is 0 Å². The summed E-state index contributed by atoms with van der Waals surface area (Å²) in [7, 11) is 0. The van der Waals surface area contributed by atoms with Crippen molar-refractivity contribution in [3.8, 4) is 11.1 Å². The molecular formula is C22H21N. The summed E-state index contributed by atoms with van der Waals surface area (Å²) in [6.07, 6.45) is 1.24. The van der Waals surface area contributed by atoms with Gasteiger partial charge in [-0.1, -0.05) is 72.8 Å². The molecule has 1 heterocycles. The Labute approximate surface area is 138 Å². The van der Waals surface area contributed by atoms with E-state index in [1.165, 1.54) is 28.8 Å². The van der Waals surface area contributed by atoms with E-state index in [4.69, 9.17) is 0 Å². The van der Waals surface area contributed by atoms with Gasteiger partial charge in [0.15, 0.2) is 0 Å². The van der Waals surface area contributed by atoms with Crippen molar-refractivity contribution in [3.05, 3.63) is 90.5 Å². The number of anilines is 1. The standard InChI is InChI=1S/C22H21N/c1-3-7-18(8-4-1)20-11-13-22(14-12-20)23-16-15-21(17-23)19-9-5-2-6-10-19/h1-14,21H,15-17H2/t21-/m1/s1. The monoisotopic (exact) mass is 299 g/mol. The zero-order chi connectivity index (χ0) is 15.5. The zero-order valence-electron chi connectivity index (χ0n) is 13.2. The van der Waals surface area contributed by atoms with Gasteiger partial charge in [-0.15, -0.1) is 0 Å². The normalized spacial score (nSPS) is 17.4. The van der Waals surface area contributed by atoms with E-state index in [-0.39, 0.29) is 0 Å². The van der Waals surface area contributed by atoms with Crippen molar-refractivity contribution in [2.24, 2.45) is 0 Å². The summed E-state index contributed by atoms with van der Waals surface area (Å²) in [5, 5.41) is 0. The lowest BCUT2D eigenvalue weighted by molar-refractivity contribution is 0.775. The highest BCUT2D eigenvalue weighted by molar-refractivity contribution is 5.66. The van der Waals surface area contributed by atoms with Crippen LogP contribution in [0, 0.1) is 0 Å². The van der Waals surface area contributed by atoms with E-state index in [2.05, 4.69) is 89.8 Å². The predicted molar refractivity (Wildman–Crippen MR) is 97.9 cm³/mol. The van der Waals surface area contributed by atoms with Crippen molar-refractivity contribution >= 4 is 5.69 Å². The first-order valence-electron chi connectivity index (χ1n) is 8.35. The summed E-state index contributed by atoms with van der Waals surface area (Å²) in [5.41, 5.74) is 5.37. The molecule has 0 radical (unpaired) electrons. The molecule has 1 fully saturated rings. The Hall–Kier alpha value is -2.54. The van der Waals surface area contributed by atoms with Crippen LogP contribution < -0.4 is 4.90 Å². The first-order valence-corrected chi connectivity index (χ1v) is 8.35. The molecule has 0 aliphatic carbocycles. The maximum Gasteiger partial charge on any atom is 0.0366 e. The maximum absolute atomic E-state index is 2.51. The second-order valence-corrected chi connectivity index (χ2v) is 6.26. The van der Waals surface area contributed by atoms with Gasteiger partial charge in [0.25, 0.3) is 0 Å². The minimum Gasteiger partial charge on any atom is -0.371 e. The predicted octanol–water partition coefficient (Wildman–Crippen LogP) is 5.35. The van der Waals surface area contributed by atoms with Gasteiger partial charge in [-0.3, -0.25) is 0 Å². The van der Waals surface area contributed by atoms with Crippen molar-refractivity contribution in [1.82, 2.24) is 0 Å². The lowest BCUT2D eigenvalue weighted by atomic mass is 9.99. The minimum atomic E-state index is 0.657. The molecule has 0 unspecified atom stereocenters. The molecule has 1 aliphatic heterocycles. The van der Waals surface area contributed by atoms with Crippen LogP contribution in [0.25, 0.3) is 11.1 Å². The topological polar surface area (TPSA) is 3.24 Å². The number of rotatable bonds is 3. The first kappa shape index (κ1) is 14.1. The molecule has 1 nitrogen and oxygen atoms in total. The van der Waals surface area contributed by atoms with Gasteiger partial charge in [-0.05, 0) is 35.2 Å². The summed E-state index contributed by atoms with van der Waals surface area (Å²) >= 11 is 0. The molecule has 0 spiro atoms. The Morgan fingerprint density at radius 1 is 0.652 bits per heavy atom. The van der Waals surface area contributed by atoms with Crippen LogP contribution in [0.5, 0.6) is 0 Å². The van der Waals surface area contributed by atoms with E-state index < -0.39 is 0 Å². The largest absolute Gasteiger partial charge is 0.371 e. The molecule has 0 amide bonds. The smallest absolute Gasteiger partial charge is 0.0366 e. The fourth-order valence-corrected chi connectivity index (χ4v) is 3.49. The number of benzene rings is 3. The van der Waals surface area contributed by atoms with Crippen LogP contribution in [0.1, 0.15) is 17.9 Å². The van der Waals surface area contributed by atoms with Gasteiger partial charge in [-0.2, -0.15) is 0 Å². The van der Waals surface area contributed by atoms with Crippen LogP contribution in [0.2, 0.25) is 0 Å². The Balaban J connectivity index is 1.49. The second-order valence-electron chi connectivity index (χ2n) is 6.26. The highest BCUT2D eigenvalue weighted by Crippen LogP contribution is 2.31. The van der Waals surface area contributed by atoms with Gasteiger partial charge in [0.1, 0.15) is 0 Å². The molecule has 1 aliphatic rings. The van der Waals surface area contributed by atoms with Crippen molar-refractivity contribution in [2.75, 3.05) is 18.0 Å². The molecule has 3 aromatic rings. The lowest BCUT2D eigenvalue weighted by Crippen LogP contribution is -2.18. The number of hydrogen-bond acceptors (Lipinski definition) is 1. The van der Waals surface area contributed by atoms with E-state index >= 15 is 0 Å². The summed E-state index contributed by atoms with van der Waals surface area (Å²) < 4.78 is 0. The zero-order valence-corrected chi connectivity index (χ0v) is 13.2. The number of hydrogen-bond donors (Lipinski definition) is 0. The summed E-state index contributed by atoms with van der Waals surface area (Å²) in [6, 6.07) is 30.5. The molecule has 0 aromatic heterocycles. The third kappa shape index (κ3) is 3.00. The van der Waals surface area contributed by atoms with Crippen LogP contribution in [-0.2, 0) is 0 Å². The van der Waals surface area contributed by atoms with Gasteiger partial charge < -0.3 is 4.90 Å². The van der Waals surface area contributed by atoms with E-state index in [1.54, 1.807) is 0 Å². The van der Waals surface area contributed by atoms with Gasteiger partial charge >= 0.3 is 0 Å². The minimum absolute atomic E-state index is 0.657. The fraction of sp³-hybridized carbons (Fsp3) is 0.182. The summed E-state index contributed by atoms with van der Waals surface area (Å²) in [5.74, 6) is 0.657. The van der Waals surface area contributed by atoms with Crippen LogP contribution in [0.3, 0.4) is 0 Å². The third-order valence-corrected chi connectivity index (χ3v) is 4.80. The Kier molecular flexibility index (Phi) is 3.85. The van der Waals surface area contributed by atoms with Gasteiger partial charge in [0.2, 0.25) is 0 Å². The maximum atomic E-state index is 2.51. The molecule has 1 heteroatoms. The van der Waals surface area contributed by atoms with E-state index in [1.807, 2.05) is 0 Å². The SMILES string of the molecule is c1ccc(-c2ccc(N3CC[C@@H](c4ccccc4)C3)cc2)cc1. The molecule has 4 rings (SSSR count). The first-order chi connectivity index (χ1) is 11.4. The van der Waals surface area contributed by atoms with Crippen LogP contribution in [-0.4, -0.2) is 13.1 Å². The summed E-state index contributed by atoms with van der Waals surface area (Å²) in [4.78, 5) is 2.51. The van der Waals surface area contributed by atoms with Crippen molar-refractivity contribution in [3.63, 3.8) is 0 Å². The lowest BCUT2D eigenvalue weighted by Gasteiger charge is -2.19. The van der Waals surface area contributed by atoms with E-state index in [0.29, 0.717) is 5.92 Å². The van der Waals surface area contributed by atoms with E-state index in [0.717, 1.165) is 13.1 Å². The Bertz CT molecular complexity index is 747. The molecule has 0 N–H and O–H groups in total. The van der Waals surface area contributed by atoms with Crippen LogP contribution in [0.4, 0.5) is 5.69 Å². The Morgan fingerprint density at radius 3 is 1.96 bits per heavy atom. The Morgan fingerprint density at radius 2 is 1.26 bits per heavy atom. The molecule has 1 saturated heterocycles. The molecule has 23 heavy (non-hydrogen) atoms. The quantitative estimate of drug-likeness (QED) is 0.630. The molecule has 3 aromatic carbocycles. The highest BCUT2D eigenvalue weighted by atomic mass is 15.1.